The van der Waals surface area contributed by atoms with Crippen LogP contribution in [0.3, 0.4) is 0 Å². The third-order valence-electron chi connectivity index (χ3n) is 5.64. The predicted octanol–water partition coefficient (Wildman–Crippen LogP) is 4.81. The minimum absolute atomic E-state index is 0.232. The zero-order chi connectivity index (χ0) is 23.4. The summed E-state index contributed by atoms with van der Waals surface area (Å²) in [5.41, 5.74) is 3.14. The lowest BCUT2D eigenvalue weighted by Crippen LogP contribution is -2.07. The van der Waals surface area contributed by atoms with Crippen LogP contribution in [0.1, 0.15) is 30.1 Å². The molecule has 0 aliphatic heterocycles. The molecule has 0 bridgehead atoms. The van der Waals surface area contributed by atoms with Crippen LogP contribution in [0.25, 0.3) is 33.9 Å². The summed E-state index contributed by atoms with van der Waals surface area (Å²) in [5.74, 6) is 0.765. The molecule has 0 atom stereocenters. The number of rotatable bonds is 5. The minimum Gasteiger partial charge on any atom is -0.401 e. The monoisotopic (exact) mass is 537 g/mol. The summed E-state index contributed by atoms with van der Waals surface area (Å²) in [6.45, 7) is 2.19. The van der Waals surface area contributed by atoms with Crippen molar-refractivity contribution in [3.05, 3.63) is 73.6 Å². The second kappa shape index (κ2) is 8.14. The van der Waals surface area contributed by atoms with Crippen LogP contribution < -0.4 is 5.63 Å². The highest BCUT2D eigenvalue weighted by Gasteiger charge is 2.29. The van der Waals surface area contributed by atoms with Crippen molar-refractivity contribution < 1.29 is 4.42 Å². The molecule has 1 fully saturated rings. The summed E-state index contributed by atoms with van der Waals surface area (Å²) in [6.07, 6.45) is 2.02. The molecule has 2 aromatic carbocycles. The second-order valence-electron chi connectivity index (χ2n) is 8.27. The Hall–Kier alpha value is -3.37. The van der Waals surface area contributed by atoms with Gasteiger partial charge in [-0.3, -0.25) is 4.68 Å². The molecule has 0 amide bonds. The van der Waals surface area contributed by atoms with E-state index in [9.17, 15) is 4.79 Å². The molecule has 0 N–H and O–H groups in total. The lowest BCUT2D eigenvalue weighted by Gasteiger charge is -2.06. The van der Waals surface area contributed by atoms with Gasteiger partial charge in [0.05, 0.1) is 22.6 Å². The van der Waals surface area contributed by atoms with Crippen molar-refractivity contribution >= 4 is 38.4 Å². The van der Waals surface area contributed by atoms with E-state index in [1.54, 1.807) is 12.1 Å². The molecule has 3 aromatic heterocycles. The van der Waals surface area contributed by atoms with E-state index in [4.69, 9.17) is 21.1 Å². The van der Waals surface area contributed by atoms with Gasteiger partial charge >= 0.3 is 5.63 Å². The van der Waals surface area contributed by atoms with Gasteiger partial charge in [0.25, 0.3) is 0 Å². The summed E-state index contributed by atoms with van der Waals surface area (Å²) in [5, 5.41) is 18.4. The summed E-state index contributed by atoms with van der Waals surface area (Å²) >= 11 is 9.54. The molecule has 1 saturated carbocycles. The molecule has 0 unspecified atom stereocenters. The molecule has 0 radical (unpaired) electrons. The number of fused-ring (bicyclic) bond motifs is 1. The Morgan fingerprint density at radius 1 is 1.15 bits per heavy atom. The van der Waals surface area contributed by atoms with E-state index in [-0.39, 0.29) is 11.9 Å². The zero-order valence-corrected chi connectivity index (χ0v) is 20.3. The number of nitrogens with zero attached hydrogens (tertiary/aromatic N) is 7. The molecular weight excluding hydrogens is 522 g/mol. The van der Waals surface area contributed by atoms with E-state index in [1.165, 1.54) is 4.80 Å². The molecule has 0 saturated heterocycles. The van der Waals surface area contributed by atoms with Gasteiger partial charge < -0.3 is 4.42 Å². The molecule has 6 rings (SSSR count). The highest BCUT2D eigenvalue weighted by molar-refractivity contribution is 9.10. The minimum atomic E-state index is -0.479. The van der Waals surface area contributed by atoms with Gasteiger partial charge in [-0.05, 0) is 73.0 Å². The second-order valence-corrected chi connectivity index (χ2v) is 9.62. The Kier molecular flexibility index (Phi) is 5.07. The first-order chi connectivity index (χ1) is 16.4. The third-order valence-corrected chi connectivity index (χ3v) is 6.39. The molecule has 170 valence electrons. The number of halogens is 2. The Labute approximate surface area is 206 Å². The van der Waals surface area contributed by atoms with Gasteiger partial charge in [-0.25, -0.2) is 9.78 Å². The van der Waals surface area contributed by atoms with E-state index < -0.39 is 5.63 Å². The Morgan fingerprint density at radius 2 is 1.94 bits per heavy atom. The SMILES string of the molecule is Cc1cc(Cl)cc2c(=O)oc(-c3cc(Cn4nnc(-c5ccc(Br)cc5)n4)nn3C3CC3)nc12. The van der Waals surface area contributed by atoms with E-state index in [2.05, 4.69) is 36.3 Å². The average Bonchev–Trinajstić information content (AvgIpc) is 3.41. The maximum absolute atomic E-state index is 12.7. The van der Waals surface area contributed by atoms with Gasteiger partial charge in [0.1, 0.15) is 12.2 Å². The normalized spacial score (nSPS) is 13.6. The summed E-state index contributed by atoms with van der Waals surface area (Å²) in [4.78, 5) is 18.8. The van der Waals surface area contributed by atoms with Crippen molar-refractivity contribution in [1.82, 2.24) is 35.0 Å². The number of benzene rings is 2. The lowest BCUT2D eigenvalue weighted by atomic mass is 10.1. The molecule has 34 heavy (non-hydrogen) atoms. The van der Waals surface area contributed by atoms with Gasteiger partial charge in [-0.2, -0.15) is 9.90 Å². The van der Waals surface area contributed by atoms with Crippen LogP contribution in [0.15, 0.2) is 56.1 Å². The Morgan fingerprint density at radius 3 is 2.71 bits per heavy atom. The van der Waals surface area contributed by atoms with E-state index >= 15 is 0 Å². The van der Waals surface area contributed by atoms with Crippen molar-refractivity contribution in [3.8, 4) is 23.0 Å². The van der Waals surface area contributed by atoms with Crippen molar-refractivity contribution in [2.75, 3.05) is 0 Å². The maximum atomic E-state index is 12.7. The molecular formula is C23H17BrClN7O2. The fraction of sp³-hybridized carbons (Fsp3) is 0.217. The Bertz CT molecular complexity index is 1600. The van der Waals surface area contributed by atoms with E-state index in [0.29, 0.717) is 34.0 Å². The molecule has 1 aliphatic carbocycles. The van der Waals surface area contributed by atoms with Gasteiger partial charge in [0.15, 0.2) is 0 Å². The number of hydrogen-bond acceptors (Lipinski definition) is 7. The van der Waals surface area contributed by atoms with Crippen molar-refractivity contribution in [2.45, 2.75) is 32.4 Å². The number of hydrogen-bond donors (Lipinski definition) is 0. The van der Waals surface area contributed by atoms with Gasteiger partial charge in [-0.1, -0.05) is 27.5 Å². The van der Waals surface area contributed by atoms with Crippen LogP contribution in [0.5, 0.6) is 0 Å². The lowest BCUT2D eigenvalue weighted by molar-refractivity contribution is 0.504. The molecule has 1 aliphatic rings. The quantitative estimate of drug-likeness (QED) is 0.316. The maximum Gasteiger partial charge on any atom is 0.347 e. The van der Waals surface area contributed by atoms with Crippen LogP contribution in [0.2, 0.25) is 5.02 Å². The standard InChI is InChI=1S/C23H17BrClN7O2/c1-12-8-15(25)9-18-20(12)26-22(34-23(18)33)19-10-16(28-32(19)17-6-7-17)11-31-29-21(27-30-31)13-2-4-14(24)5-3-13/h2-5,8-10,17H,6-7,11H2,1H3. The van der Waals surface area contributed by atoms with Gasteiger partial charge in [0.2, 0.25) is 11.7 Å². The topological polar surface area (TPSA) is 105 Å². The van der Waals surface area contributed by atoms with E-state index in [1.807, 2.05) is 41.9 Å². The first-order valence-corrected chi connectivity index (χ1v) is 11.9. The summed E-state index contributed by atoms with van der Waals surface area (Å²) in [7, 11) is 0. The fourth-order valence-electron chi connectivity index (χ4n) is 3.87. The van der Waals surface area contributed by atoms with Crippen LogP contribution in [-0.2, 0) is 6.54 Å². The number of tetrazole rings is 1. The first-order valence-electron chi connectivity index (χ1n) is 10.7. The number of aromatic nitrogens is 7. The largest absolute Gasteiger partial charge is 0.401 e. The van der Waals surface area contributed by atoms with Crippen molar-refractivity contribution in [3.63, 3.8) is 0 Å². The van der Waals surface area contributed by atoms with Gasteiger partial charge in [-0.15, -0.1) is 10.2 Å². The smallest absolute Gasteiger partial charge is 0.347 e. The zero-order valence-electron chi connectivity index (χ0n) is 17.9. The molecule has 0 spiro atoms. The first kappa shape index (κ1) is 21.2. The molecule has 11 heteroatoms. The molecule has 3 heterocycles. The third kappa shape index (κ3) is 3.92. The van der Waals surface area contributed by atoms with Crippen molar-refractivity contribution in [2.24, 2.45) is 0 Å². The average molecular weight is 539 g/mol. The van der Waals surface area contributed by atoms with Crippen LogP contribution in [0, 0.1) is 6.92 Å². The predicted molar refractivity (Wildman–Crippen MR) is 130 cm³/mol. The van der Waals surface area contributed by atoms with Crippen LogP contribution >= 0.6 is 27.5 Å². The fourth-order valence-corrected chi connectivity index (χ4v) is 4.40. The van der Waals surface area contributed by atoms with Crippen LogP contribution in [0.4, 0.5) is 0 Å². The van der Waals surface area contributed by atoms with E-state index in [0.717, 1.165) is 34.1 Å². The molecule has 9 nitrogen and oxygen atoms in total. The summed E-state index contributed by atoms with van der Waals surface area (Å²) in [6, 6.07) is 13.2. The highest BCUT2D eigenvalue weighted by Crippen LogP contribution is 2.38. The van der Waals surface area contributed by atoms with Crippen LogP contribution in [-0.4, -0.2) is 35.0 Å². The Balaban J connectivity index is 1.36. The number of aryl methyl sites for hydroxylation is 1. The summed E-state index contributed by atoms with van der Waals surface area (Å²) < 4.78 is 8.46. The highest BCUT2D eigenvalue weighted by atomic mass is 79.9. The molecule has 5 aromatic rings. The van der Waals surface area contributed by atoms with Gasteiger partial charge in [0, 0.05) is 15.1 Å². The van der Waals surface area contributed by atoms with Crippen molar-refractivity contribution in [1.29, 1.82) is 0 Å².